The Kier molecular flexibility index (Phi) is 8.24. The zero-order valence-corrected chi connectivity index (χ0v) is 22.6. The van der Waals surface area contributed by atoms with Crippen molar-refractivity contribution in [3.63, 3.8) is 0 Å². The Morgan fingerprint density at radius 3 is 2.21 bits per heavy atom. The van der Waals surface area contributed by atoms with E-state index in [-0.39, 0.29) is 22.7 Å². The summed E-state index contributed by atoms with van der Waals surface area (Å²) in [7, 11) is 0. The fourth-order valence-corrected chi connectivity index (χ4v) is 4.36. The maximum atomic E-state index is 14.0. The van der Waals surface area contributed by atoms with Gasteiger partial charge in [0, 0.05) is 17.2 Å². The number of benzene rings is 2. The van der Waals surface area contributed by atoms with Crippen LogP contribution in [0.3, 0.4) is 0 Å². The Bertz CT molecular complexity index is 1350. The highest BCUT2D eigenvalue weighted by Gasteiger charge is 2.44. The smallest absolute Gasteiger partial charge is 0.416 e. The van der Waals surface area contributed by atoms with Crippen molar-refractivity contribution in [2.24, 2.45) is 5.92 Å². The molecule has 10 heteroatoms. The molecule has 0 fully saturated rings. The van der Waals surface area contributed by atoms with Crippen LogP contribution in [0.2, 0.25) is 0 Å². The summed E-state index contributed by atoms with van der Waals surface area (Å²) in [4.78, 5) is 42.7. The molecule has 0 saturated carbocycles. The summed E-state index contributed by atoms with van der Waals surface area (Å²) in [6.45, 7) is 9.24. The van der Waals surface area contributed by atoms with Gasteiger partial charge in [0.15, 0.2) is 5.78 Å². The number of Topliss-reactive ketones (excluding diaryl/α,β-unsaturated/α-hetero) is 1. The number of esters is 1. The average Bonchev–Trinajstić information content (AvgIpc) is 2.83. The van der Waals surface area contributed by atoms with Crippen LogP contribution in [0, 0.1) is 17.2 Å². The van der Waals surface area contributed by atoms with Gasteiger partial charge in [-0.1, -0.05) is 32.0 Å². The van der Waals surface area contributed by atoms with E-state index in [0.29, 0.717) is 11.1 Å². The van der Waals surface area contributed by atoms with Crippen LogP contribution >= 0.6 is 0 Å². The molecule has 1 aliphatic heterocycles. The Morgan fingerprint density at radius 1 is 1.08 bits per heavy atom. The lowest BCUT2D eigenvalue weighted by Crippen LogP contribution is -2.53. The van der Waals surface area contributed by atoms with Crippen LogP contribution in [0.1, 0.15) is 64.3 Å². The minimum atomic E-state index is -4.66. The number of nitrogens with zero attached hydrogens (tertiary/aromatic N) is 3. The summed E-state index contributed by atoms with van der Waals surface area (Å²) < 4.78 is 46.0. The number of nitriles is 1. The summed E-state index contributed by atoms with van der Waals surface area (Å²) in [5.41, 5.74) is -0.842. The number of amides is 2. The maximum Gasteiger partial charge on any atom is 0.416 e. The summed E-state index contributed by atoms with van der Waals surface area (Å²) >= 11 is 0. The summed E-state index contributed by atoms with van der Waals surface area (Å²) in [6, 6.07) is 10.6. The van der Waals surface area contributed by atoms with Crippen molar-refractivity contribution in [3.05, 3.63) is 76.5 Å². The van der Waals surface area contributed by atoms with E-state index >= 15 is 0 Å². The Morgan fingerprint density at radius 2 is 1.69 bits per heavy atom. The van der Waals surface area contributed by atoms with E-state index in [1.807, 2.05) is 6.07 Å². The molecule has 0 radical (unpaired) electrons. The van der Waals surface area contributed by atoms with E-state index in [1.54, 1.807) is 46.8 Å². The number of halogens is 3. The zero-order chi connectivity index (χ0) is 29.3. The second-order valence-electron chi connectivity index (χ2n) is 10.5. The number of carbonyl (C=O) groups is 3. The van der Waals surface area contributed by atoms with Crippen LogP contribution in [0.25, 0.3) is 0 Å². The number of ketones is 1. The predicted molar refractivity (Wildman–Crippen MR) is 138 cm³/mol. The van der Waals surface area contributed by atoms with Crippen LogP contribution in [-0.2, 0) is 20.5 Å². The number of hydrogen-bond acceptors (Lipinski definition) is 5. The second kappa shape index (κ2) is 10.9. The first kappa shape index (κ1) is 29.4. The third-order valence-corrected chi connectivity index (χ3v) is 6.04. The van der Waals surface area contributed by atoms with Crippen molar-refractivity contribution in [3.8, 4) is 6.07 Å². The van der Waals surface area contributed by atoms with Gasteiger partial charge in [-0.05, 0) is 63.6 Å². The molecule has 2 aromatic carbocycles. The summed E-state index contributed by atoms with van der Waals surface area (Å²) in [5, 5.41) is 9.23. The molecule has 0 saturated heterocycles. The number of ether oxygens (including phenoxy) is 1. The SMILES string of the molecule is CC1=C(C(=O)C(C)C)C(c2ccc(C#N)cc2)N(CC(=O)OC(C)(C)C)C(=O)N1c1cccc(C(F)(F)F)c1. The van der Waals surface area contributed by atoms with Crippen LogP contribution in [0.4, 0.5) is 23.7 Å². The van der Waals surface area contributed by atoms with Gasteiger partial charge in [-0.15, -0.1) is 0 Å². The third kappa shape index (κ3) is 6.48. The van der Waals surface area contributed by atoms with Gasteiger partial charge < -0.3 is 9.64 Å². The van der Waals surface area contributed by atoms with Gasteiger partial charge in [0.05, 0.1) is 28.9 Å². The Hall–Kier alpha value is -4.13. The minimum Gasteiger partial charge on any atom is -0.459 e. The predicted octanol–water partition coefficient (Wildman–Crippen LogP) is 6.40. The highest BCUT2D eigenvalue weighted by Crippen LogP contribution is 2.42. The number of allylic oxidation sites excluding steroid dienone is 1. The largest absolute Gasteiger partial charge is 0.459 e. The average molecular weight is 542 g/mol. The van der Waals surface area contributed by atoms with Crippen molar-refractivity contribution in [2.45, 2.75) is 59.4 Å². The molecule has 7 nitrogen and oxygen atoms in total. The van der Waals surface area contributed by atoms with E-state index in [2.05, 4.69) is 0 Å². The van der Waals surface area contributed by atoms with Crippen molar-refractivity contribution in [1.82, 2.24) is 4.90 Å². The number of carbonyl (C=O) groups excluding carboxylic acids is 3. The van der Waals surface area contributed by atoms with Crippen molar-refractivity contribution >= 4 is 23.5 Å². The molecular formula is C29H30F3N3O4. The molecule has 3 rings (SSSR count). The zero-order valence-electron chi connectivity index (χ0n) is 22.6. The first-order valence-corrected chi connectivity index (χ1v) is 12.3. The highest BCUT2D eigenvalue weighted by molar-refractivity contribution is 6.07. The highest BCUT2D eigenvalue weighted by atomic mass is 19.4. The molecule has 0 aliphatic carbocycles. The van der Waals surface area contributed by atoms with Crippen LogP contribution in [0.5, 0.6) is 0 Å². The van der Waals surface area contributed by atoms with Gasteiger partial charge in [-0.25, -0.2) is 4.79 Å². The molecule has 0 bridgehead atoms. The standard InChI is InChI=1S/C29H30F3N3O4/c1-17(2)26(37)24-18(3)35(22-9-7-8-21(14-22)29(30,31)32)27(38)34(16-23(36)39-28(4,5)6)25(24)20-12-10-19(15-33)11-13-20/h7-14,17,25H,16H2,1-6H3. The molecule has 2 amide bonds. The number of rotatable bonds is 6. The molecule has 1 aliphatic rings. The van der Waals surface area contributed by atoms with Gasteiger partial charge in [0.2, 0.25) is 0 Å². The molecule has 1 unspecified atom stereocenters. The van der Waals surface area contributed by atoms with Crippen LogP contribution in [-0.4, -0.2) is 34.8 Å². The summed E-state index contributed by atoms with van der Waals surface area (Å²) in [5.74, 6) is -1.63. The van der Waals surface area contributed by atoms with Crippen molar-refractivity contribution in [2.75, 3.05) is 11.4 Å². The van der Waals surface area contributed by atoms with Gasteiger partial charge in [0.1, 0.15) is 12.1 Å². The second-order valence-corrected chi connectivity index (χ2v) is 10.5. The number of anilines is 1. The van der Waals surface area contributed by atoms with E-state index in [9.17, 15) is 32.8 Å². The molecule has 0 aromatic heterocycles. The molecular weight excluding hydrogens is 511 g/mol. The molecule has 0 N–H and O–H groups in total. The van der Waals surface area contributed by atoms with Crippen LogP contribution < -0.4 is 4.90 Å². The van der Waals surface area contributed by atoms with Gasteiger partial charge in [-0.3, -0.25) is 14.5 Å². The lowest BCUT2D eigenvalue weighted by molar-refractivity contribution is -0.156. The van der Waals surface area contributed by atoms with E-state index in [0.717, 1.165) is 21.9 Å². The first-order chi connectivity index (χ1) is 18.0. The maximum absolute atomic E-state index is 14.0. The molecule has 206 valence electrons. The van der Waals surface area contributed by atoms with E-state index < -0.39 is 47.8 Å². The van der Waals surface area contributed by atoms with E-state index in [1.165, 1.54) is 31.2 Å². The van der Waals surface area contributed by atoms with Crippen LogP contribution in [0.15, 0.2) is 59.8 Å². The molecule has 0 spiro atoms. The number of urea groups is 1. The molecule has 1 atom stereocenters. The molecule has 1 heterocycles. The first-order valence-electron chi connectivity index (χ1n) is 12.3. The lowest BCUT2D eigenvalue weighted by atomic mass is 9.86. The fraction of sp³-hybridized carbons (Fsp3) is 0.379. The van der Waals surface area contributed by atoms with Gasteiger partial charge in [0.25, 0.3) is 0 Å². The Balaban J connectivity index is 2.29. The van der Waals surface area contributed by atoms with Gasteiger partial charge >= 0.3 is 18.2 Å². The quantitative estimate of drug-likeness (QED) is 0.395. The monoisotopic (exact) mass is 541 g/mol. The van der Waals surface area contributed by atoms with Crippen molar-refractivity contribution in [1.29, 1.82) is 5.26 Å². The van der Waals surface area contributed by atoms with Gasteiger partial charge in [-0.2, -0.15) is 18.4 Å². The number of hydrogen-bond donors (Lipinski definition) is 0. The minimum absolute atomic E-state index is 0.103. The Labute approximate surface area is 225 Å². The third-order valence-electron chi connectivity index (χ3n) is 6.04. The van der Waals surface area contributed by atoms with E-state index in [4.69, 9.17) is 4.74 Å². The fourth-order valence-electron chi connectivity index (χ4n) is 4.36. The topological polar surface area (TPSA) is 90.7 Å². The molecule has 39 heavy (non-hydrogen) atoms. The normalized spacial score (nSPS) is 16.4. The lowest BCUT2D eigenvalue weighted by Gasteiger charge is -2.43. The van der Waals surface area contributed by atoms with Crippen molar-refractivity contribution < 1.29 is 32.3 Å². The molecule has 2 aromatic rings. The number of alkyl halides is 3. The summed E-state index contributed by atoms with van der Waals surface area (Å²) in [6.07, 6.45) is -4.66.